The number of nitriles is 1. The summed E-state index contributed by atoms with van der Waals surface area (Å²) in [6.45, 7) is 1.86. The van der Waals surface area contributed by atoms with Gasteiger partial charge >= 0.3 is 0 Å². The highest BCUT2D eigenvalue weighted by Crippen LogP contribution is 2.08. The lowest BCUT2D eigenvalue weighted by atomic mass is 10.1. The summed E-state index contributed by atoms with van der Waals surface area (Å²) in [5.74, 6) is -0.181. The molecule has 0 aliphatic heterocycles. The summed E-state index contributed by atoms with van der Waals surface area (Å²) >= 11 is 0. The lowest BCUT2D eigenvalue weighted by Crippen LogP contribution is -2.46. The van der Waals surface area contributed by atoms with Crippen molar-refractivity contribution < 1.29 is 4.79 Å². The van der Waals surface area contributed by atoms with E-state index in [0.29, 0.717) is 12.8 Å². The molecular formula is C14H19N3O. The number of hydrogen-bond acceptors (Lipinski definition) is 3. The predicted octanol–water partition coefficient (Wildman–Crippen LogP) is 1.32. The van der Waals surface area contributed by atoms with Crippen molar-refractivity contribution in [1.82, 2.24) is 4.90 Å². The third-order valence-corrected chi connectivity index (χ3v) is 2.99. The fraction of sp³-hybridized carbons (Fsp3) is 0.429. The van der Waals surface area contributed by atoms with Crippen molar-refractivity contribution in [3.8, 4) is 6.07 Å². The maximum atomic E-state index is 11.9. The third-order valence-electron chi connectivity index (χ3n) is 2.99. The molecule has 0 fully saturated rings. The smallest absolute Gasteiger partial charge is 0.240 e. The van der Waals surface area contributed by atoms with Gasteiger partial charge in [0.15, 0.2) is 0 Å². The highest BCUT2D eigenvalue weighted by molar-refractivity contribution is 5.81. The van der Waals surface area contributed by atoms with Crippen LogP contribution in [0.5, 0.6) is 0 Å². The zero-order chi connectivity index (χ0) is 13.5. The Morgan fingerprint density at radius 3 is 2.56 bits per heavy atom. The topological polar surface area (TPSA) is 70.1 Å². The summed E-state index contributed by atoms with van der Waals surface area (Å²) < 4.78 is 0. The fourth-order valence-corrected chi connectivity index (χ4v) is 1.70. The molecule has 0 radical (unpaired) electrons. The van der Waals surface area contributed by atoms with Gasteiger partial charge in [0.05, 0.1) is 12.1 Å². The van der Waals surface area contributed by atoms with E-state index < -0.39 is 12.1 Å². The molecular weight excluding hydrogens is 226 g/mol. The lowest BCUT2D eigenvalue weighted by molar-refractivity contribution is -0.132. The largest absolute Gasteiger partial charge is 0.328 e. The zero-order valence-electron chi connectivity index (χ0n) is 10.8. The molecule has 0 heterocycles. The number of carbonyl (C=O) groups is 1. The molecule has 1 aromatic rings. The molecule has 0 bridgehead atoms. The second-order valence-electron chi connectivity index (χ2n) is 4.30. The zero-order valence-corrected chi connectivity index (χ0v) is 10.8. The number of likely N-dealkylation sites (N-methyl/N-ethyl adjacent to an activating group) is 1. The van der Waals surface area contributed by atoms with E-state index in [4.69, 9.17) is 5.73 Å². The number of carbonyl (C=O) groups excluding carboxylic acids is 1. The van der Waals surface area contributed by atoms with Gasteiger partial charge in [0.25, 0.3) is 0 Å². The van der Waals surface area contributed by atoms with E-state index in [9.17, 15) is 10.1 Å². The molecule has 0 saturated carbocycles. The van der Waals surface area contributed by atoms with Crippen LogP contribution < -0.4 is 5.73 Å². The first kappa shape index (κ1) is 14.2. The monoisotopic (exact) mass is 245 g/mol. The van der Waals surface area contributed by atoms with Crippen LogP contribution in [0.1, 0.15) is 18.9 Å². The molecule has 1 aromatic carbocycles. The van der Waals surface area contributed by atoms with E-state index in [1.807, 2.05) is 37.3 Å². The van der Waals surface area contributed by atoms with Crippen LogP contribution in [0.2, 0.25) is 0 Å². The van der Waals surface area contributed by atoms with E-state index in [0.717, 1.165) is 5.56 Å². The average molecular weight is 245 g/mol. The van der Waals surface area contributed by atoms with Crippen molar-refractivity contribution in [2.45, 2.75) is 31.8 Å². The Hall–Kier alpha value is -1.86. The quantitative estimate of drug-likeness (QED) is 0.850. The van der Waals surface area contributed by atoms with E-state index in [1.54, 1.807) is 7.05 Å². The minimum Gasteiger partial charge on any atom is -0.328 e. The summed E-state index contributed by atoms with van der Waals surface area (Å²) in [6.07, 6.45) is 1.10. The highest BCUT2D eigenvalue weighted by Gasteiger charge is 2.23. The molecule has 1 rings (SSSR count). The second-order valence-corrected chi connectivity index (χ2v) is 4.30. The number of nitrogens with two attached hydrogens (primary N) is 1. The fourth-order valence-electron chi connectivity index (χ4n) is 1.70. The summed E-state index contributed by atoms with van der Waals surface area (Å²) in [5, 5.41) is 9.18. The number of benzene rings is 1. The van der Waals surface area contributed by atoms with Gasteiger partial charge in [-0.25, -0.2) is 0 Å². The van der Waals surface area contributed by atoms with Crippen molar-refractivity contribution in [1.29, 1.82) is 5.26 Å². The second kappa shape index (κ2) is 6.77. The average Bonchev–Trinajstić information content (AvgIpc) is 2.43. The molecule has 2 N–H and O–H groups in total. The molecule has 0 unspecified atom stereocenters. The summed E-state index contributed by atoms with van der Waals surface area (Å²) in [4.78, 5) is 13.4. The maximum Gasteiger partial charge on any atom is 0.240 e. The number of rotatable bonds is 5. The van der Waals surface area contributed by atoms with Crippen LogP contribution in [0.15, 0.2) is 30.3 Å². The van der Waals surface area contributed by atoms with Gasteiger partial charge in [-0.2, -0.15) is 5.26 Å². The minimum absolute atomic E-state index is 0.181. The van der Waals surface area contributed by atoms with E-state index in [-0.39, 0.29) is 5.91 Å². The number of hydrogen-bond donors (Lipinski definition) is 1. The molecule has 2 atom stereocenters. The molecule has 1 amide bonds. The Balaban J connectivity index is 2.73. The van der Waals surface area contributed by atoms with Gasteiger partial charge in [-0.1, -0.05) is 37.3 Å². The Labute approximate surface area is 108 Å². The lowest BCUT2D eigenvalue weighted by Gasteiger charge is -2.25. The first-order valence-corrected chi connectivity index (χ1v) is 6.06. The molecule has 4 heteroatoms. The molecule has 96 valence electrons. The predicted molar refractivity (Wildman–Crippen MR) is 70.6 cm³/mol. The standard InChI is InChI=1S/C14H19N3O/c1-3-13(16)14(18)17(2)12(10-15)9-11-7-5-4-6-8-11/h4-8,12-13H,3,9,16H2,1-2H3/t12-,13-/m0/s1. The molecule has 0 saturated heterocycles. The van der Waals surface area contributed by atoms with Crippen molar-refractivity contribution in [2.24, 2.45) is 5.73 Å². The van der Waals surface area contributed by atoms with Crippen LogP contribution in [0.25, 0.3) is 0 Å². The van der Waals surface area contributed by atoms with Gasteiger partial charge < -0.3 is 10.6 Å². The Morgan fingerprint density at radius 1 is 1.44 bits per heavy atom. The summed E-state index contributed by atoms with van der Waals surface area (Å²) in [7, 11) is 1.63. The first-order valence-electron chi connectivity index (χ1n) is 6.06. The van der Waals surface area contributed by atoms with Crippen molar-refractivity contribution in [3.05, 3.63) is 35.9 Å². The van der Waals surface area contributed by atoms with Crippen LogP contribution in [-0.4, -0.2) is 29.9 Å². The van der Waals surface area contributed by atoms with Crippen LogP contribution in [0.3, 0.4) is 0 Å². The van der Waals surface area contributed by atoms with Crippen LogP contribution >= 0.6 is 0 Å². The normalized spacial score (nSPS) is 13.4. The molecule has 18 heavy (non-hydrogen) atoms. The summed E-state index contributed by atoms with van der Waals surface area (Å²) in [5.41, 5.74) is 6.74. The minimum atomic E-state index is -0.526. The molecule has 0 aliphatic rings. The highest BCUT2D eigenvalue weighted by atomic mass is 16.2. The molecule has 0 aliphatic carbocycles. The van der Waals surface area contributed by atoms with Crippen LogP contribution in [0.4, 0.5) is 0 Å². The van der Waals surface area contributed by atoms with Gasteiger partial charge in [-0.15, -0.1) is 0 Å². The first-order chi connectivity index (χ1) is 8.60. The molecule has 0 spiro atoms. The van der Waals surface area contributed by atoms with Crippen LogP contribution in [0, 0.1) is 11.3 Å². The maximum absolute atomic E-state index is 11.9. The van der Waals surface area contributed by atoms with E-state index >= 15 is 0 Å². The van der Waals surface area contributed by atoms with Gasteiger partial charge in [0.1, 0.15) is 6.04 Å². The molecule has 0 aromatic heterocycles. The van der Waals surface area contributed by atoms with Gasteiger partial charge in [0.2, 0.25) is 5.91 Å². The van der Waals surface area contributed by atoms with Gasteiger partial charge in [-0.3, -0.25) is 4.79 Å². The van der Waals surface area contributed by atoms with Crippen LogP contribution in [-0.2, 0) is 11.2 Å². The Morgan fingerprint density at radius 2 is 2.06 bits per heavy atom. The van der Waals surface area contributed by atoms with Crippen molar-refractivity contribution >= 4 is 5.91 Å². The SMILES string of the molecule is CC[C@H](N)C(=O)N(C)[C@H](C#N)Cc1ccccc1. The van der Waals surface area contributed by atoms with Gasteiger partial charge in [-0.05, 0) is 12.0 Å². The third kappa shape index (κ3) is 3.57. The number of amides is 1. The molecule has 4 nitrogen and oxygen atoms in total. The van der Waals surface area contributed by atoms with Crippen molar-refractivity contribution in [2.75, 3.05) is 7.05 Å². The van der Waals surface area contributed by atoms with E-state index in [1.165, 1.54) is 4.90 Å². The Kier molecular flexibility index (Phi) is 5.34. The Bertz CT molecular complexity index is 424. The number of nitrogens with zero attached hydrogens (tertiary/aromatic N) is 2. The van der Waals surface area contributed by atoms with Gasteiger partial charge in [0, 0.05) is 13.5 Å². The van der Waals surface area contributed by atoms with Crippen molar-refractivity contribution in [3.63, 3.8) is 0 Å². The summed E-state index contributed by atoms with van der Waals surface area (Å²) in [6, 6.07) is 10.8. The van der Waals surface area contributed by atoms with E-state index in [2.05, 4.69) is 6.07 Å².